The molecule has 1 heterocycles. The van der Waals surface area contributed by atoms with E-state index in [1.807, 2.05) is 31.2 Å². The summed E-state index contributed by atoms with van der Waals surface area (Å²) in [6, 6.07) is 10.6. The number of rotatable bonds is 6. The molecule has 2 N–H and O–H groups in total. The van der Waals surface area contributed by atoms with Crippen molar-refractivity contribution in [3.05, 3.63) is 47.7 Å². The maximum Gasteiger partial charge on any atom is 0.335 e. The van der Waals surface area contributed by atoms with Crippen LogP contribution in [0.2, 0.25) is 0 Å². The normalized spacial score (nSPS) is 10.2. The lowest BCUT2D eigenvalue weighted by Crippen LogP contribution is -2.04. The van der Waals surface area contributed by atoms with Crippen molar-refractivity contribution < 1.29 is 14.6 Å². The van der Waals surface area contributed by atoms with Crippen LogP contribution in [0.15, 0.2) is 36.4 Å². The first-order valence-electron chi connectivity index (χ1n) is 6.78. The maximum atomic E-state index is 11.2. The molecule has 1 aromatic carbocycles. The fourth-order valence-electron chi connectivity index (χ4n) is 2.05. The van der Waals surface area contributed by atoms with Crippen LogP contribution in [0, 0.1) is 0 Å². The Morgan fingerprint density at radius 1 is 1.33 bits per heavy atom. The summed E-state index contributed by atoms with van der Waals surface area (Å²) in [6.45, 7) is 2.03. The van der Waals surface area contributed by atoms with Crippen molar-refractivity contribution in [2.45, 2.75) is 19.8 Å². The number of pyridine rings is 1. The molecule has 110 valence electrons. The molecule has 5 nitrogen and oxygen atoms in total. The van der Waals surface area contributed by atoms with E-state index in [4.69, 9.17) is 4.74 Å². The number of hydrogen-bond donors (Lipinski definition) is 2. The van der Waals surface area contributed by atoms with Crippen molar-refractivity contribution in [2.24, 2.45) is 0 Å². The third-order valence-electron chi connectivity index (χ3n) is 3.00. The average Bonchev–Trinajstić information content (AvgIpc) is 2.48. The predicted octanol–water partition coefficient (Wildman–Crippen LogP) is 3.48. The summed E-state index contributed by atoms with van der Waals surface area (Å²) in [6.07, 6.45) is 1.64. The fraction of sp³-hybridized carbons (Fsp3) is 0.250. The van der Waals surface area contributed by atoms with Crippen molar-refractivity contribution in [3.8, 4) is 5.75 Å². The summed E-state index contributed by atoms with van der Waals surface area (Å²) in [4.78, 5) is 15.7. The first kappa shape index (κ1) is 14.8. The van der Waals surface area contributed by atoms with Gasteiger partial charge in [0.05, 0.1) is 18.4 Å². The van der Waals surface area contributed by atoms with Crippen molar-refractivity contribution >= 4 is 17.5 Å². The van der Waals surface area contributed by atoms with Crippen LogP contribution in [0.1, 0.15) is 29.4 Å². The molecule has 0 bridgehead atoms. The SMILES string of the molecule is CCCc1cc(C(=O)O)cc(Nc2ccccc2OC)n1. The van der Waals surface area contributed by atoms with E-state index in [0.29, 0.717) is 11.6 Å². The Balaban J connectivity index is 2.36. The van der Waals surface area contributed by atoms with Gasteiger partial charge in [-0.15, -0.1) is 0 Å². The molecule has 2 aromatic rings. The molecule has 0 saturated heterocycles. The number of aromatic carboxylic acids is 1. The number of aryl methyl sites for hydroxylation is 1. The monoisotopic (exact) mass is 286 g/mol. The van der Waals surface area contributed by atoms with Gasteiger partial charge in [0.1, 0.15) is 11.6 Å². The lowest BCUT2D eigenvalue weighted by atomic mass is 10.1. The minimum Gasteiger partial charge on any atom is -0.495 e. The lowest BCUT2D eigenvalue weighted by Gasteiger charge is -2.12. The number of ether oxygens (including phenoxy) is 1. The van der Waals surface area contributed by atoms with Crippen molar-refractivity contribution in [2.75, 3.05) is 12.4 Å². The molecule has 0 amide bonds. The van der Waals surface area contributed by atoms with Crippen LogP contribution in [-0.4, -0.2) is 23.2 Å². The van der Waals surface area contributed by atoms with E-state index in [9.17, 15) is 9.90 Å². The molecular weight excluding hydrogens is 268 g/mol. The zero-order valence-corrected chi connectivity index (χ0v) is 12.1. The van der Waals surface area contributed by atoms with E-state index in [0.717, 1.165) is 24.2 Å². The van der Waals surface area contributed by atoms with Gasteiger partial charge in [-0.25, -0.2) is 9.78 Å². The Bertz CT molecular complexity index is 641. The van der Waals surface area contributed by atoms with Gasteiger partial charge in [-0.05, 0) is 30.7 Å². The average molecular weight is 286 g/mol. The Labute approximate surface area is 123 Å². The predicted molar refractivity (Wildman–Crippen MR) is 81.5 cm³/mol. The molecule has 0 fully saturated rings. The molecule has 0 spiro atoms. The molecule has 5 heteroatoms. The number of methoxy groups -OCH3 is 1. The first-order chi connectivity index (χ1) is 10.1. The van der Waals surface area contributed by atoms with Crippen molar-refractivity contribution in [1.82, 2.24) is 4.98 Å². The van der Waals surface area contributed by atoms with Gasteiger partial charge in [-0.3, -0.25) is 0 Å². The van der Waals surface area contributed by atoms with E-state index >= 15 is 0 Å². The van der Waals surface area contributed by atoms with Crippen LogP contribution in [0.25, 0.3) is 0 Å². The number of nitrogens with one attached hydrogen (secondary N) is 1. The number of para-hydroxylation sites is 2. The number of carboxylic acids is 1. The Morgan fingerprint density at radius 3 is 2.76 bits per heavy atom. The molecule has 0 unspecified atom stereocenters. The molecule has 0 atom stereocenters. The number of nitrogens with zero attached hydrogens (tertiary/aromatic N) is 1. The summed E-state index contributed by atoms with van der Waals surface area (Å²) < 4.78 is 5.27. The van der Waals surface area contributed by atoms with Gasteiger partial charge in [-0.2, -0.15) is 0 Å². The van der Waals surface area contributed by atoms with Gasteiger partial charge in [0, 0.05) is 5.69 Å². The second-order valence-electron chi connectivity index (χ2n) is 4.61. The molecule has 0 aliphatic heterocycles. The largest absolute Gasteiger partial charge is 0.495 e. The molecule has 0 radical (unpaired) electrons. The van der Waals surface area contributed by atoms with Crippen LogP contribution in [0.4, 0.5) is 11.5 Å². The van der Waals surface area contributed by atoms with Gasteiger partial charge >= 0.3 is 5.97 Å². The van der Waals surface area contributed by atoms with Crippen molar-refractivity contribution in [3.63, 3.8) is 0 Å². The van der Waals surface area contributed by atoms with Crippen LogP contribution in [0.5, 0.6) is 5.75 Å². The number of anilines is 2. The summed E-state index contributed by atoms with van der Waals surface area (Å²) in [5, 5.41) is 12.3. The van der Waals surface area contributed by atoms with E-state index in [-0.39, 0.29) is 5.56 Å². The number of aromatic nitrogens is 1. The topological polar surface area (TPSA) is 71.5 Å². The first-order valence-corrected chi connectivity index (χ1v) is 6.78. The standard InChI is InChI=1S/C16H18N2O3/c1-3-6-12-9-11(16(19)20)10-15(17-12)18-13-7-4-5-8-14(13)21-2/h4-5,7-10H,3,6H2,1-2H3,(H,17,18)(H,19,20). The summed E-state index contributed by atoms with van der Waals surface area (Å²) in [5.74, 6) is 0.220. The van der Waals surface area contributed by atoms with Gasteiger partial charge in [0.25, 0.3) is 0 Å². The van der Waals surface area contributed by atoms with Gasteiger partial charge in [-0.1, -0.05) is 25.5 Å². The second-order valence-corrected chi connectivity index (χ2v) is 4.61. The third-order valence-corrected chi connectivity index (χ3v) is 3.00. The number of hydrogen-bond acceptors (Lipinski definition) is 4. The molecule has 0 aliphatic carbocycles. The van der Waals surface area contributed by atoms with Gasteiger partial charge in [0.15, 0.2) is 0 Å². The van der Waals surface area contributed by atoms with E-state index in [1.165, 1.54) is 6.07 Å². The minimum absolute atomic E-state index is 0.228. The Hall–Kier alpha value is -2.56. The van der Waals surface area contributed by atoms with Crippen LogP contribution in [0.3, 0.4) is 0 Å². The zero-order valence-electron chi connectivity index (χ0n) is 12.1. The smallest absolute Gasteiger partial charge is 0.335 e. The highest BCUT2D eigenvalue weighted by Crippen LogP contribution is 2.26. The van der Waals surface area contributed by atoms with Gasteiger partial charge in [0.2, 0.25) is 0 Å². The Kier molecular flexibility index (Phi) is 4.77. The van der Waals surface area contributed by atoms with E-state index in [1.54, 1.807) is 13.2 Å². The van der Waals surface area contributed by atoms with Gasteiger partial charge < -0.3 is 15.2 Å². The molecular formula is C16H18N2O3. The maximum absolute atomic E-state index is 11.2. The lowest BCUT2D eigenvalue weighted by molar-refractivity contribution is 0.0696. The molecule has 21 heavy (non-hydrogen) atoms. The highest BCUT2D eigenvalue weighted by atomic mass is 16.5. The number of carbonyl (C=O) groups is 1. The fourth-order valence-corrected chi connectivity index (χ4v) is 2.05. The van der Waals surface area contributed by atoms with Crippen molar-refractivity contribution in [1.29, 1.82) is 0 Å². The van der Waals surface area contributed by atoms with Crippen LogP contribution < -0.4 is 10.1 Å². The highest BCUT2D eigenvalue weighted by Gasteiger charge is 2.10. The molecule has 2 rings (SSSR count). The molecule has 1 aromatic heterocycles. The van der Waals surface area contributed by atoms with E-state index < -0.39 is 5.97 Å². The van der Waals surface area contributed by atoms with Crippen LogP contribution in [-0.2, 0) is 6.42 Å². The van der Waals surface area contributed by atoms with E-state index in [2.05, 4.69) is 10.3 Å². The second kappa shape index (κ2) is 6.74. The number of carboxylic acid groups (broad SMARTS) is 1. The third kappa shape index (κ3) is 3.72. The summed E-state index contributed by atoms with van der Waals surface area (Å²) in [7, 11) is 1.59. The molecule has 0 saturated carbocycles. The summed E-state index contributed by atoms with van der Waals surface area (Å²) >= 11 is 0. The number of benzene rings is 1. The Morgan fingerprint density at radius 2 is 2.10 bits per heavy atom. The summed E-state index contributed by atoms with van der Waals surface area (Å²) in [5.41, 5.74) is 1.73. The highest BCUT2D eigenvalue weighted by molar-refractivity contribution is 5.89. The quantitative estimate of drug-likeness (QED) is 0.850. The van der Waals surface area contributed by atoms with Crippen LogP contribution >= 0.6 is 0 Å². The molecule has 0 aliphatic rings. The zero-order chi connectivity index (χ0) is 15.2. The minimum atomic E-state index is -0.960.